The van der Waals surface area contributed by atoms with Gasteiger partial charge in [-0.15, -0.1) is 5.10 Å². The molecule has 1 aromatic heterocycles. The molecule has 1 aromatic rings. The third kappa shape index (κ3) is 3.47. The molecular weight excluding hydrogens is 312 g/mol. The monoisotopic (exact) mass is 326 g/mol. The molecule has 0 aliphatic heterocycles. The van der Waals surface area contributed by atoms with E-state index in [-0.39, 0.29) is 22.3 Å². The number of hydrogen-bond donors (Lipinski definition) is 2. The Bertz CT molecular complexity index is 454. The second-order valence-corrected chi connectivity index (χ2v) is 5.93. The van der Waals surface area contributed by atoms with Gasteiger partial charge in [-0.1, -0.05) is 12.1 Å². The van der Waals surface area contributed by atoms with E-state index in [9.17, 15) is 8.42 Å². The zero-order valence-electron chi connectivity index (χ0n) is 9.59. The van der Waals surface area contributed by atoms with Crippen molar-refractivity contribution >= 4 is 26.0 Å². The first-order valence-electron chi connectivity index (χ1n) is 5.10. The van der Waals surface area contributed by atoms with Gasteiger partial charge < -0.3 is 5.11 Å². The number of sulfonamides is 1. The van der Waals surface area contributed by atoms with Crippen molar-refractivity contribution in [1.29, 1.82) is 0 Å². The Morgan fingerprint density at radius 3 is 2.65 bits per heavy atom. The Hall–Kier alpha value is -0.510. The van der Waals surface area contributed by atoms with Gasteiger partial charge in [-0.3, -0.25) is 0 Å². The molecule has 0 saturated heterocycles. The molecule has 0 radical (unpaired) electrons. The van der Waals surface area contributed by atoms with E-state index >= 15 is 0 Å². The number of halogens is 1. The van der Waals surface area contributed by atoms with Crippen LogP contribution in [0.5, 0.6) is 0 Å². The maximum atomic E-state index is 12.1. The van der Waals surface area contributed by atoms with Gasteiger partial charge in [-0.2, -0.15) is 0 Å². The van der Waals surface area contributed by atoms with Crippen LogP contribution in [0.15, 0.2) is 9.63 Å². The second kappa shape index (κ2) is 5.89. The van der Waals surface area contributed by atoms with Gasteiger partial charge in [0, 0.05) is 19.7 Å². The van der Waals surface area contributed by atoms with Crippen LogP contribution in [0.3, 0.4) is 0 Å². The summed E-state index contributed by atoms with van der Waals surface area (Å²) in [4.78, 5) is 0. The van der Waals surface area contributed by atoms with Crippen molar-refractivity contribution in [3.8, 4) is 0 Å². The third-order valence-corrected chi connectivity index (χ3v) is 4.69. The molecule has 1 heterocycles. The summed E-state index contributed by atoms with van der Waals surface area (Å²) in [7, 11) is -2.18. The van der Waals surface area contributed by atoms with Crippen LogP contribution in [0.1, 0.15) is 19.8 Å². The summed E-state index contributed by atoms with van der Waals surface area (Å²) in [6.07, 6.45) is 0.974. The number of aromatic nitrogens is 3. The van der Waals surface area contributed by atoms with E-state index in [1.807, 2.05) is 6.92 Å². The Kier molecular flexibility index (Phi) is 5.04. The summed E-state index contributed by atoms with van der Waals surface area (Å²) < 4.78 is 28.0. The predicted octanol–water partition coefficient (Wildman–Crippen LogP) is 0.0169. The number of hydrogen-bond acceptors (Lipinski definition) is 5. The number of aryl methyl sites for hydroxylation is 1. The van der Waals surface area contributed by atoms with Crippen LogP contribution in [0.2, 0.25) is 0 Å². The molecule has 1 unspecified atom stereocenters. The summed E-state index contributed by atoms with van der Waals surface area (Å²) in [5.74, 6) is 0. The zero-order valence-corrected chi connectivity index (χ0v) is 12.0. The number of aliphatic hydroxyl groups excluding tert-OH is 1. The lowest BCUT2D eigenvalue weighted by Gasteiger charge is -2.15. The zero-order chi connectivity index (χ0) is 13.1. The molecule has 0 aromatic carbocycles. The minimum atomic E-state index is -3.68. The highest BCUT2D eigenvalue weighted by Gasteiger charge is 2.26. The van der Waals surface area contributed by atoms with Crippen LogP contribution >= 0.6 is 15.9 Å². The van der Waals surface area contributed by atoms with E-state index in [2.05, 4.69) is 31.0 Å². The van der Waals surface area contributed by atoms with Gasteiger partial charge >= 0.3 is 0 Å². The fourth-order valence-corrected chi connectivity index (χ4v) is 3.83. The van der Waals surface area contributed by atoms with Crippen LogP contribution in [0.25, 0.3) is 0 Å². The smallest absolute Gasteiger partial charge is 0.260 e. The van der Waals surface area contributed by atoms with Crippen LogP contribution in [-0.4, -0.2) is 41.2 Å². The van der Waals surface area contributed by atoms with Crippen molar-refractivity contribution in [3.05, 3.63) is 4.60 Å². The van der Waals surface area contributed by atoms with Crippen molar-refractivity contribution in [2.45, 2.75) is 30.8 Å². The molecule has 17 heavy (non-hydrogen) atoms. The molecule has 2 N–H and O–H groups in total. The summed E-state index contributed by atoms with van der Waals surface area (Å²) in [5.41, 5.74) is 0. The lowest BCUT2D eigenvalue weighted by atomic mass is 10.2. The summed E-state index contributed by atoms with van der Waals surface area (Å²) >= 11 is 3.04. The largest absolute Gasteiger partial charge is 0.396 e. The van der Waals surface area contributed by atoms with Gasteiger partial charge in [0.15, 0.2) is 4.60 Å². The van der Waals surface area contributed by atoms with Crippen LogP contribution in [-0.2, 0) is 17.1 Å². The Labute approximate surface area is 108 Å². The molecule has 1 atom stereocenters. The average molecular weight is 327 g/mol. The van der Waals surface area contributed by atoms with E-state index in [4.69, 9.17) is 5.11 Å². The molecule has 98 valence electrons. The Morgan fingerprint density at radius 1 is 1.59 bits per heavy atom. The lowest BCUT2D eigenvalue weighted by Crippen LogP contribution is -2.36. The summed E-state index contributed by atoms with van der Waals surface area (Å²) in [6.45, 7) is 1.78. The number of aliphatic hydroxyl groups is 1. The standard InChI is InChI=1S/C8H15BrN4O3S/c1-3-6(4-5-14)11-17(15,16)8-7(9)10-12-13(8)2/h6,11,14H,3-5H2,1-2H3. The van der Waals surface area contributed by atoms with E-state index in [0.29, 0.717) is 12.8 Å². The first-order chi connectivity index (χ1) is 7.92. The third-order valence-electron chi connectivity index (χ3n) is 2.28. The fourth-order valence-electron chi connectivity index (χ4n) is 1.39. The van der Waals surface area contributed by atoms with Crippen molar-refractivity contribution in [3.63, 3.8) is 0 Å². The number of nitrogens with one attached hydrogen (secondary N) is 1. The van der Waals surface area contributed by atoms with Crippen molar-refractivity contribution < 1.29 is 13.5 Å². The van der Waals surface area contributed by atoms with Crippen LogP contribution in [0, 0.1) is 0 Å². The van der Waals surface area contributed by atoms with Gasteiger partial charge in [-0.25, -0.2) is 17.8 Å². The Morgan fingerprint density at radius 2 is 2.24 bits per heavy atom. The normalized spacial score (nSPS) is 13.9. The second-order valence-electron chi connectivity index (χ2n) is 3.55. The maximum Gasteiger partial charge on any atom is 0.260 e. The van der Waals surface area contributed by atoms with Gasteiger partial charge in [0.25, 0.3) is 10.0 Å². The molecule has 7 nitrogen and oxygen atoms in total. The molecule has 0 aliphatic carbocycles. The highest BCUT2D eigenvalue weighted by atomic mass is 79.9. The molecule has 0 fully saturated rings. The molecule has 0 spiro atoms. The summed E-state index contributed by atoms with van der Waals surface area (Å²) in [6, 6.07) is -0.299. The number of rotatable bonds is 6. The van der Waals surface area contributed by atoms with Gasteiger partial charge in [0.2, 0.25) is 5.03 Å². The van der Waals surface area contributed by atoms with E-state index < -0.39 is 10.0 Å². The van der Waals surface area contributed by atoms with Crippen molar-refractivity contribution in [1.82, 2.24) is 19.7 Å². The molecule has 0 saturated carbocycles. The summed E-state index contributed by atoms with van der Waals surface area (Å²) in [5, 5.41) is 16.0. The van der Waals surface area contributed by atoms with Crippen molar-refractivity contribution in [2.75, 3.05) is 6.61 Å². The fraction of sp³-hybridized carbons (Fsp3) is 0.750. The molecule has 0 amide bonds. The number of nitrogens with zero attached hydrogens (tertiary/aromatic N) is 3. The molecular formula is C8H15BrN4O3S. The van der Waals surface area contributed by atoms with Gasteiger partial charge in [-0.05, 0) is 28.8 Å². The van der Waals surface area contributed by atoms with Crippen molar-refractivity contribution in [2.24, 2.45) is 7.05 Å². The highest BCUT2D eigenvalue weighted by Crippen LogP contribution is 2.18. The molecule has 9 heteroatoms. The van der Waals surface area contributed by atoms with E-state index in [1.54, 1.807) is 0 Å². The van der Waals surface area contributed by atoms with E-state index in [1.165, 1.54) is 11.7 Å². The topological polar surface area (TPSA) is 97.1 Å². The molecule has 1 rings (SSSR count). The first kappa shape index (κ1) is 14.6. The highest BCUT2D eigenvalue weighted by molar-refractivity contribution is 9.10. The van der Waals surface area contributed by atoms with Gasteiger partial charge in [0.1, 0.15) is 0 Å². The lowest BCUT2D eigenvalue weighted by molar-refractivity contribution is 0.270. The molecule has 0 aliphatic rings. The Balaban J connectivity index is 2.96. The minimum Gasteiger partial charge on any atom is -0.396 e. The molecule has 0 bridgehead atoms. The average Bonchev–Trinajstić information content (AvgIpc) is 2.58. The quantitative estimate of drug-likeness (QED) is 0.768. The first-order valence-corrected chi connectivity index (χ1v) is 7.38. The minimum absolute atomic E-state index is 0.0195. The SMILES string of the molecule is CCC(CCO)NS(=O)(=O)c1c(Br)nnn1C. The maximum absolute atomic E-state index is 12.1. The van der Waals surface area contributed by atoms with Crippen LogP contribution in [0.4, 0.5) is 0 Å². The predicted molar refractivity (Wildman–Crippen MR) is 64.8 cm³/mol. The van der Waals surface area contributed by atoms with Gasteiger partial charge in [0.05, 0.1) is 0 Å². The van der Waals surface area contributed by atoms with Crippen LogP contribution < -0.4 is 4.72 Å². The van der Waals surface area contributed by atoms with E-state index in [0.717, 1.165) is 0 Å².